The third-order valence-electron chi connectivity index (χ3n) is 1.56. The maximum Gasteiger partial charge on any atom is 0.0650 e. The molecule has 0 saturated heterocycles. The van der Waals surface area contributed by atoms with Gasteiger partial charge in [-0.25, -0.2) is 0 Å². The van der Waals surface area contributed by atoms with Gasteiger partial charge in [-0.2, -0.15) is 0 Å². The Balaban J connectivity index is 2.53. The first-order valence-electron chi connectivity index (χ1n) is 3.89. The first-order chi connectivity index (χ1) is 5.86. The van der Waals surface area contributed by atoms with Crippen molar-refractivity contribution < 1.29 is 0 Å². The molecule has 66 valence electrons. The molecule has 0 saturated carbocycles. The highest BCUT2D eigenvalue weighted by Crippen LogP contribution is 2.16. The highest BCUT2D eigenvalue weighted by Gasteiger charge is 1.90. The molecule has 1 aromatic carbocycles. The van der Waals surface area contributed by atoms with Gasteiger partial charge >= 0.3 is 0 Å². The molecule has 1 rings (SSSR count). The van der Waals surface area contributed by atoms with Crippen LogP contribution in [0.4, 0.5) is 5.69 Å². The Morgan fingerprint density at radius 1 is 1.25 bits per heavy atom. The second kappa shape index (κ2) is 5.06. The number of hydrogen-bond donors (Lipinski definition) is 2. The standard InChI is InChI=1S/C9H14N2S/c1-10-7-11-8-3-5-9(12-2)6-4-8/h3-6,10-11H,7H2,1-2H3. The Hall–Kier alpha value is -0.670. The SMILES string of the molecule is CNCNc1ccc(SC)cc1. The zero-order valence-electron chi connectivity index (χ0n) is 7.42. The summed E-state index contributed by atoms with van der Waals surface area (Å²) in [5.41, 5.74) is 1.15. The second-order valence-electron chi connectivity index (χ2n) is 2.44. The van der Waals surface area contributed by atoms with Crippen LogP contribution >= 0.6 is 11.8 Å². The van der Waals surface area contributed by atoms with E-state index in [0.29, 0.717) is 0 Å². The van der Waals surface area contributed by atoms with Gasteiger partial charge in [0.15, 0.2) is 0 Å². The Bertz CT molecular complexity index is 220. The maximum atomic E-state index is 3.23. The Kier molecular flexibility index (Phi) is 3.97. The minimum atomic E-state index is 0.804. The third kappa shape index (κ3) is 2.75. The van der Waals surface area contributed by atoms with E-state index in [2.05, 4.69) is 41.2 Å². The molecule has 1 aromatic rings. The summed E-state index contributed by atoms with van der Waals surface area (Å²) in [6.07, 6.45) is 2.08. The number of rotatable bonds is 4. The van der Waals surface area contributed by atoms with Gasteiger partial charge < -0.3 is 10.6 Å². The van der Waals surface area contributed by atoms with E-state index in [1.807, 2.05) is 7.05 Å². The minimum Gasteiger partial charge on any atom is -0.372 e. The van der Waals surface area contributed by atoms with E-state index in [0.717, 1.165) is 12.4 Å². The predicted octanol–water partition coefficient (Wildman–Crippen LogP) is 2.00. The molecule has 2 N–H and O–H groups in total. The van der Waals surface area contributed by atoms with Crippen LogP contribution in [-0.2, 0) is 0 Å². The minimum absolute atomic E-state index is 0.804. The lowest BCUT2D eigenvalue weighted by Gasteiger charge is -2.05. The van der Waals surface area contributed by atoms with Gasteiger partial charge in [0.25, 0.3) is 0 Å². The van der Waals surface area contributed by atoms with E-state index < -0.39 is 0 Å². The number of thioether (sulfide) groups is 1. The molecule has 0 aliphatic heterocycles. The van der Waals surface area contributed by atoms with E-state index in [4.69, 9.17) is 0 Å². The van der Waals surface area contributed by atoms with Crippen LogP contribution < -0.4 is 10.6 Å². The third-order valence-corrected chi connectivity index (χ3v) is 2.30. The summed E-state index contributed by atoms with van der Waals surface area (Å²) in [7, 11) is 1.92. The molecule has 0 amide bonds. The smallest absolute Gasteiger partial charge is 0.0650 e. The second-order valence-corrected chi connectivity index (χ2v) is 3.32. The summed E-state index contributed by atoms with van der Waals surface area (Å²) in [5, 5.41) is 6.25. The number of nitrogens with one attached hydrogen (secondary N) is 2. The predicted molar refractivity (Wildman–Crippen MR) is 55.8 cm³/mol. The normalized spacial score (nSPS) is 9.83. The van der Waals surface area contributed by atoms with Gasteiger partial charge in [-0.15, -0.1) is 11.8 Å². The van der Waals surface area contributed by atoms with Crippen LogP contribution in [0.25, 0.3) is 0 Å². The topological polar surface area (TPSA) is 24.1 Å². The van der Waals surface area contributed by atoms with Gasteiger partial charge in [0.1, 0.15) is 0 Å². The van der Waals surface area contributed by atoms with Crippen LogP contribution in [0.15, 0.2) is 29.2 Å². The molecule has 12 heavy (non-hydrogen) atoms. The van der Waals surface area contributed by atoms with Crippen LogP contribution in [-0.4, -0.2) is 20.0 Å². The monoisotopic (exact) mass is 182 g/mol. The van der Waals surface area contributed by atoms with Crippen LogP contribution in [0, 0.1) is 0 Å². The highest BCUT2D eigenvalue weighted by molar-refractivity contribution is 7.98. The van der Waals surface area contributed by atoms with E-state index >= 15 is 0 Å². The first kappa shape index (κ1) is 9.42. The molecular formula is C9H14N2S. The first-order valence-corrected chi connectivity index (χ1v) is 5.12. The van der Waals surface area contributed by atoms with Crippen molar-refractivity contribution in [3.05, 3.63) is 24.3 Å². The van der Waals surface area contributed by atoms with E-state index in [1.54, 1.807) is 11.8 Å². The lowest BCUT2D eigenvalue weighted by molar-refractivity contribution is 0.874. The molecule has 0 fully saturated rings. The van der Waals surface area contributed by atoms with E-state index in [-0.39, 0.29) is 0 Å². The maximum absolute atomic E-state index is 3.23. The summed E-state index contributed by atoms with van der Waals surface area (Å²) in [5.74, 6) is 0. The number of anilines is 1. The molecule has 0 atom stereocenters. The van der Waals surface area contributed by atoms with Crippen molar-refractivity contribution in [3.8, 4) is 0 Å². The van der Waals surface area contributed by atoms with Crippen LogP contribution in [0.2, 0.25) is 0 Å². The lowest BCUT2D eigenvalue weighted by Crippen LogP contribution is -2.16. The van der Waals surface area contributed by atoms with E-state index in [9.17, 15) is 0 Å². The zero-order chi connectivity index (χ0) is 8.81. The average molecular weight is 182 g/mol. The molecule has 0 aliphatic rings. The van der Waals surface area contributed by atoms with Gasteiger partial charge in [0, 0.05) is 10.6 Å². The Labute approximate surface area is 77.7 Å². The lowest BCUT2D eigenvalue weighted by atomic mass is 10.3. The van der Waals surface area contributed by atoms with Gasteiger partial charge in [-0.1, -0.05) is 0 Å². The summed E-state index contributed by atoms with van der Waals surface area (Å²) in [6, 6.07) is 8.40. The molecule has 0 heterocycles. The summed E-state index contributed by atoms with van der Waals surface area (Å²) >= 11 is 1.76. The highest BCUT2D eigenvalue weighted by atomic mass is 32.2. The molecule has 0 bridgehead atoms. The zero-order valence-corrected chi connectivity index (χ0v) is 8.24. The van der Waals surface area contributed by atoms with Crippen LogP contribution in [0.1, 0.15) is 0 Å². The molecule has 0 radical (unpaired) electrons. The number of hydrogen-bond acceptors (Lipinski definition) is 3. The van der Waals surface area contributed by atoms with Crippen molar-refractivity contribution in [3.63, 3.8) is 0 Å². The van der Waals surface area contributed by atoms with E-state index in [1.165, 1.54) is 4.90 Å². The fourth-order valence-electron chi connectivity index (χ4n) is 0.899. The van der Waals surface area contributed by atoms with Gasteiger partial charge in [-0.3, -0.25) is 0 Å². The van der Waals surface area contributed by atoms with Crippen molar-refractivity contribution in [2.45, 2.75) is 4.90 Å². The molecular weight excluding hydrogens is 168 g/mol. The Morgan fingerprint density at radius 3 is 2.42 bits per heavy atom. The molecule has 0 spiro atoms. The van der Waals surface area contributed by atoms with Crippen LogP contribution in [0.3, 0.4) is 0 Å². The summed E-state index contributed by atoms with van der Waals surface area (Å²) in [4.78, 5) is 1.30. The fourth-order valence-corrected chi connectivity index (χ4v) is 1.31. The Morgan fingerprint density at radius 2 is 1.92 bits per heavy atom. The van der Waals surface area contributed by atoms with Gasteiger partial charge in [0.05, 0.1) is 6.67 Å². The summed E-state index contributed by atoms with van der Waals surface area (Å²) in [6.45, 7) is 0.804. The van der Waals surface area contributed by atoms with Crippen molar-refractivity contribution in [2.24, 2.45) is 0 Å². The quantitative estimate of drug-likeness (QED) is 0.550. The molecule has 0 aliphatic carbocycles. The molecule has 0 aromatic heterocycles. The van der Waals surface area contributed by atoms with Gasteiger partial charge in [-0.05, 0) is 37.6 Å². The number of benzene rings is 1. The van der Waals surface area contributed by atoms with Crippen molar-refractivity contribution >= 4 is 17.4 Å². The molecule has 0 unspecified atom stereocenters. The van der Waals surface area contributed by atoms with Gasteiger partial charge in [0.2, 0.25) is 0 Å². The average Bonchev–Trinajstić information content (AvgIpc) is 2.15. The van der Waals surface area contributed by atoms with Crippen LogP contribution in [0.5, 0.6) is 0 Å². The molecule has 3 heteroatoms. The van der Waals surface area contributed by atoms with Crippen molar-refractivity contribution in [1.29, 1.82) is 0 Å². The fraction of sp³-hybridized carbons (Fsp3) is 0.333. The van der Waals surface area contributed by atoms with Crippen molar-refractivity contribution in [2.75, 3.05) is 25.3 Å². The summed E-state index contributed by atoms with van der Waals surface area (Å²) < 4.78 is 0. The van der Waals surface area contributed by atoms with Crippen molar-refractivity contribution in [1.82, 2.24) is 5.32 Å². The molecule has 2 nitrogen and oxygen atoms in total. The largest absolute Gasteiger partial charge is 0.372 e.